The van der Waals surface area contributed by atoms with Crippen molar-refractivity contribution < 1.29 is 9.18 Å². The second-order valence-corrected chi connectivity index (χ2v) is 5.15. The molecule has 0 aliphatic rings. The first-order chi connectivity index (χ1) is 10.4. The fourth-order valence-electron chi connectivity index (χ4n) is 1.78. The molecule has 1 aromatic carbocycles. The molecule has 2 aromatic rings. The summed E-state index contributed by atoms with van der Waals surface area (Å²) in [4.78, 5) is 10.7. The summed E-state index contributed by atoms with van der Waals surface area (Å²) in [5, 5.41) is 10.0. The largest absolute Gasteiger partial charge is 0.370 e. The summed E-state index contributed by atoms with van der Waals surface area (Å²) in [6, 6.07) is 6.41. The van der Waals surface area contributed by atoms with Crippen LogP contribution in [0.5, 0.6) is 0 Å². The van der Waals surface area contributed by atoms with Crippen LogP contribution in [0.1, 0.15) is 12.0 Å². The van der Waals surface area contributed by atoms with E-state index in [0.717, 1.165) is 5.56 Å². The van der Waals surface area contributed by atoms with E-state index in [1.807, 2.05) is 6.92 Å². The van der Waals surface area contributed by atoms with Crippen LogP contribution in [0.3, 0.4) is 0 Å². The van der Waals surface area contributed by atoms with Gasteiger partial charge in [-0.25, -0.2) is 4.39 Å². The molecule has 0 atom stereocenters. The number of anilines is 2. The van der Waals surface area contributed by atoms with Gasteiger partial charge in [0.15, 0.2) is 10.9 Å². The van der Waals surface area contributed by atoms with Gasteiger partial charge in [0.1, 0.15) is 5.82 Å². The van der Waals surface area contributed by atoms with E-state index in [0.29, 0.717) is 18.1 Å². The monoisotopic (exact) mass is 321 g/mol. The van der Waals surface area contributed by atoms with Gasteiger partial charge in [0, 0.05) is 25.2 Å². The van der Waals surface area contributed by atoms with Gasteiger partial charge in [0.25, 0.3) is 0 Å². The van der Waals surface area contributed by atoms with E-state index in [-0.39, 0.29) is 17.4 Å². The standard InChI is InChI=1S/C14H16FN5OS/c1-9-2-3-10(15)11(8-9)17-14(22)18-13-5-7-20(19-13)6-4-12(16)21/h2-3,5,7-8H,4,6H2,1H3,(H2,16,21)(H2,17,18,19,22). The Morgan fingerprint density at radius 1 is 1.41 bits per heavy atom. The van der Waals surface area contributed by atoms with Gasteiger partial charge in [0.2, 0.25) is 5.91 Å². The van der Waals surface area contributed by atoms with Crippen LogP contribution in [0.2, 0.25) is 0 Å². The van der Waals surface area contributed by atoms with Gasteiger partial charge in [-0.05, 0) is 36.8 Å². The highest BCUT2D eigenvalue weighted by Gasteiger charge is 2.06. The highest BCUT2D eigenvalue weighted by Crippen LogP contribution is 2.16. The lowest BCUT2D eigenvalue weighted by Gasteiger charge is -2.10. The van der Waals surface area contributed by atoms with Gasteiger partial charge in [-0.3, -0.25) is 9.48 Å². The van der Waals surface area contributed by atoms with Gasteiger partial charge in [-0.1, -0.05) is 6.07 Å². The number of hydrogen-bond acceptors (Lipinski definition) is 3. The summed E-state index contributed by atoms with van der Waals surface area (Å²) in [6.07, 6.45) is 1.90. The highest BCUT2D eigenvalue weighted by molar-refractivity contribution is 7.80. The molecule has 0 saturated heterocycles. The fourth-order valence-corrected chi connectivity index (χ4v) is 2.00. The maximum Gasteiger partial charge on any atom is 0.219 e. The predicted octanol–water partition coefficient (Wildman–Crippen LogP) is 2.01. The second kappa shape index (κ2) is 6.99. The number of carbonyl (C=O) groups is 1. The fraction of sp³-hybridized carbons (Fsp3) is 0.214. The number of nitrogens with zero attached hydrogens (tertiary/aromatic N) is 2. The molecule has 0 radical (unpaired) electrons. The van der Waals surface area contributed by atoms with E-state index in [4.69, 9.17) is 18.0 Å². The molecule has 0 aliphatic heterocycles. The number of aryl methyl sites for hydroxylation is 2. The Bertz CT molecular complexity index is 700. The van der Waals surface area contributed by atoms with E-state index >= 15 is 0 Å². The van der Waals surface area contributed by atoms with Crippen LogP contribution in [0.4, 0.5) is 15.9 Å². The Kier molecular flexibility index (Phi) is 5.05. The van der Waals surface area contributed by atoms with E-state index in [9.17, 15) is 9.18 Å². The van der Waals surface area contributed by atoms with Gasteiger partial charge >= 0.3 is 0 Å². The normalized spacial score (nSPS) is 10.3. The third-order valence-corrected chi connectivity index (χ3v) is 3.04. The maximum atomic E-state index is 13.6. The molecule has 6 nitrogen and oxygen atoms in total. The number of benzene rings is 1. The zero-order valence-corrected chi connectivity index (χ0v) is 12.8. The topological polar surface area (TPSA) is 85.0 Å². The first-order valence-corrected chi connectivity index (χ1v) is 7.01. The molecule has 0 aliphatic carbocycles. The summed E-state index contributed by atoms with van der Waals surface area (Å²) in [5.41, 5.74) is 6.29. The van der Waals surface area contributed by atoms with Crippen LogP contribution in [-0.4, -0.2) is 20.8 Å². The third kappa shape index (κ3) is 4.52. The van der Waals surface area contributed by atoms with Crippen LogP contribution >= 0.6 is 12.2 Å². The average molecular weight is 321 g/mol. The predicted molar refractivity (Wildman–Crippen MR) is 87.0 cm³/mol. The zero-order valence-electron chi connectivity index (χ0n) is 12.0. The van der Waals surface area contributed by atoms with Crippen LogP contribution in [0.15, 0.2) is 30.5 Å². The first-order valence-electron chi connectivity index (χ1n) is 6.60. The number of carbonyl (C=O) groups excluding carboxylic acids is 1. The Balaban J connectivity index is 1.94. The molecule has 0 saturated carbocycles. The van der Waals surface area contributed by atoms with Crippen LogP contribution in [0, 0.1) is 12.7 Å². The molecule has 0 fully saturated rings. The van der Waals surface area contributed by atoms with Crippen LogP contribution in [0.25, 0.3) is 0 Å². The van der Waals surface area contributed by atoms with Crippen molar-refractivity contribution in [3.8, 4) is 0 Å². The molecule has 2 rings (SSSR count). The van der Waals surface area contributed by atoms with Crippen molar-refractivity contribution >= 4 is 34.7 Å². The van der Waals surface area contributed by atoms with Crippen molar-refractivity contribution in [3.05, 3.63) is 41.8 Å². The molecular weight excluding hydrogens is 305 g/mol. The van der Waals surface area contributed by atoms with Gasteiger partial charge in [-0.2, -0.15) is 5.10 Å². The number of nitrogens with one attached hydrogen (secondary N) is 2. The minimum Gasteiger partial charge on any atom is -0.370 e. The van der Waals surface area contributed by atoms with Crippen molar-refractivity contribution in [2.75, 3.05) is 10.6 Å². The molecular formula is C14H16FN5OS. The number of halogens is 1. The average Bonchev–Trinajstić information content (AvgIpc) is 2.88. The smallest absolute Gasteiger partial charge is 0.219 e. The minimum atomic E-state index is -0.392. The Morgan fingerprint density at radius 2 is 2.18 bits per heavy atom. The molecule has 0 unspecified atom stereocenters. The molecule has 1 aromatic heterocycles. The summed E-state index contributed by atoms with van der Waals surface area (Å²) in [5.74, 6) is -0.283. The highest BCUT2D eigenvalue weighted by atomic mass is 32.1. The molecule has 1 amide bonds. The Morgan fingerprint density at radius 3 is 2.91 bits per heavy atom. The van der Waals surface area contributed by atoms with E-state index in [1.165, 1.54) is 6.07 Å². The summed E-state index contributed by atoms with van der Waals surface area (Å²) >= 11 is 5.12. The summed E-state index contributed by atoms with van der Waals surface area (Å²) in [6.45, 7) is 2.26. The SMILES string of the molecule is Cc1ccc(F)c(NC(=S)Nc2ccn(CCC(N)=O)n2)c1. The van der Waals surface area contributed by atoms with Crippen molar-refractivity contribution in [1.82, 2.24) is 9.78 Å². The number of aromatic nitrogens is 2. The maximum absolute atomic E-state index is 13.6. The molecule has 4 N–H and O–H groups in total. The number of amides is 1. The minimum absolute atomic E-state index is 0.207. The number of primary amides is 1. The molecule has 1 heterocycles. The number of hydrogen-bond donors (Lipinski definition) is 3. The van der Waals surface area contributed by atoms with Crippen LogP contribution < -0.4 is 16.4 Å². The zero-order chi connectivity index (χ0) is 16.1. The molecule has 0 spiro atoms. The van der Waals surface area contributed by atoms with E-state index in [1.54, 1.807) is 29.1 Å². The number of thiocarbonyl (C=S) groups is 1. The van der Waals surface area contributed by atoms with E-state index in [2.05, 4.69) is 15.7 Å². The van der Waals surface area contributed by atoms with Gasteiger partial charge in [0.05, 0.1) is 5.69 Å². The molecule has 0 bridgehead atoms. The van der Waals surface area contributed by atoms with Crippen molar-refractivity contribution in [1.29, 1.82) is 0 Å². The molecule has 116 valence electrons. The van der Waals surface area contributed by atoms with Crippen molar-refractivity contribution in [2.24, 2.45) is 5.73 Å². The van der Waals surface area contributed by atoms with Gasteiger partial charge < -0.3 is 16.4 Å². The van der Waals surface area contributed by atoms with Crippen molar-refractivity contribution in [2.45, 2.75) is 19.9 Å². The lowest BCUT2D eigenvalue weighted by atomic mass is 10.2. The lowest BCUT2D eigenvalue weighted by molar-refractivity contribution is -0.118. The lowest BCUT2D eigenvalue weighted by Crippen LogP contribution is -2.20. The Labute approximate surface area is 132 Å². The third-order valence-electron chi connectivity index (χ3n) is 2.84. The van der Waals surface area contributed by atoms with Gasteiger partial charge in [-0.15, -0.1) is 0 Å². The van der Waals surface area contributed by atoms with Crippen molar-refractivity contribution in [3.63, 3.8) is 0 Å². The first kappa shape index (κ1) is 15.9. The molecule has 22 heavy (non-hydrogen) atoms. The number of nitrogens with two attached hydrogens (primary N) is 1. The molecule has 8 heteroatoms. The van der Waals surface area contributed by atoms with Crippen LogP contribution in [-0.2, 0) is 11.3 Å². The number of rotatable bonds is 5. The Hall–Kier alpha value is -2.48. The summed E-state index contributed by atoms with van der Waals surface area (Å²) < 4.78 is 15.2. The van der Waals surface area contributed by atoms with E-state index < -0.39 is 5.91 Å². The summed E-state index contributed by atoms with van der Waals surface area (Å²) in [7, 11) is 0. The quantitative estimate of drug-likeness (QED) is 0.734. The second-order valence-electron chi connectivity index (χ2n) is 4.74.